The second-order valence-electron chi connectivity index (χ2n) is 9.05. The lowest BCUT2D eigenvalue weighted by molar-refractivity contribution is -0.140. The Bertz CT molecular complexity index is 796. The van der Waals surface area contributed by atoms with Gasteiger partial charge in [0.1, 0.15) is 6.61 Å². The molecule has 0 N–H and O–H groups in total. The Morgan fingerprint density at radius 1 is 1.03 bits per heavy atom. The third-order valence-corrected chi connectivity index (χ3v) is 6.81. The van der Waals surface area contributed by atoms with Gasteiger partial charge in [-0.15, -0.1) is 0 Å². The van der Waals surface area contributed by atoms with Gasteiger partial charge in [0.05, 0.1) is 11.7 Å². The maximum atomic E-state index is 13.1. The topological polar surface area (TPSA) is 49.9 Å². The van der Waals surface area contributed by atoms with Gasteiger partial charge in [-0.1, -0.05) is 12.1 Å². The fraction of sp³-hybridized carbons (Fsp3) is 0.652. The van der Waals surface area contributed by atoms with Crippen LogP contribution in [0.15, 0.2) is 24.3 Å². The molecule has 4 rings (SSSR count). The molecule has 0 saturated carbocycles. The molecule has 0 bridgehead atoms. The van der Waals surface area contributed by atoms with Crippen LogP contribution in [0.25, 0.3) is 0 Å². The zero-order valence-electron chi connectivity index (χ0n) is 17.6. The molecule has 3 aliphatic rings. The second-order valence-corrected chi connectivity index (χ2v) is 9.05. The predicted molar refractivity (Wildman–Crippen MR) is 109 cm³/mol. The van der Waals surface area contributed by atoms with E-state index in [0.717, 1.165) is 49.8 Å². The SMILES string of the molecule is O=C1CO[C@H]2CCN(C(=O)N3CCCC(Cc4ccc(C(F)(F)F)cc4)CC3)C[C@H]2C1. The van der Waals surface area contributed by atoms with Gasteiger partial charge in [-0.2, -0.15) is 13.2 Å². The fourth-order valence-electron chi connectivity index (χ4n) is 5.08. The van der Waals surface area contributed by atoms with Crippen LogP contribution in [0, 0.1) is 11.8 Å². The average molecular weight is 438 g/mol. The first-order chi connectivity index (χ1) is 14.8. The summed E-state index contributed by atoms with van der Waals surface area (Å²) in [6.07, 6.45) is 0.446. The third-order valence-electron chi connectivity index (χ3n) is 6.81. The maximum absolute atomic E-state index is 13.1. The number of carbonyl (C=O) groups excluding carboxylic acids is 2. The molecule has 31 heavy (non-hydrogen) atoms. The van der Waals surface area contributed by atoms with Crippen LogP contribution >= 0.6 is 0 Å². The van der Waals surface area contributed by atoms with Crippen molar-refractivity contribution in [3.63, 3.8) is 0 Å². The van der Waals surface area contributed by atoms with E-state index in [1.165, 1.54) is 0 Å². The molecular weight excluding hydrogens is 409 g/mol. The van der Waals surface area contributed by atoms with Gasteiger partial charge in [0.2, 0.25) is 0 Å². The zero-order valence-corrected chi connectivity index (χ0v) is 17.6. The molecule has 8 heteroatoms. The molecule has 170 valence electrons. The Balaban J connectivity index is 1.29. The van der Waals surface area contributed by atoms with E-state index >= 15 is 0 Å². The molecule has 3 heterocycles. The number of fused-ring (bicyclic) bond motifs is 1. The molecule has 5 nitrogen and oxygen atoms in total. The van der Waals surface area contributed by atoms with E-state index in [9.17, 15) is 22.8 Å². The number of amides is 2. The molecule has 0 radical (unpaired) electrons. The Morgan fingerprint density at radius 3 is 2.52 bits per heavy atom. The van der Waals surface area contributed by atoms with Crippen molar-refractivity contribution in [3.8, 4) is 0 Å². The van der Waals surface area contributed by atoms with E-state index in [2.05, 4.69) is 0 Å². The summed E-state index contributed by atoms with van der Waals surface area (Å²) in [7, 11) is 0. The first kappa shape index (κ1) is 22.1. The van der Waals surface area contributed by atoms with Gasteiger partial charge in [-0.3, -0.25) is 4.79 Å². The molecular formula is C23H29F3N2O3. The summed E-state index contributed by atoms with van der Waals surface area (Å²) >= 11 is 0. The lowest BCUT2D eigenvalue weighted by Gasteiger charge is -2.42. The van der Waals surface area contributed by atoms with Crippen LogP contribution < -0.4 is 0 Å². The molecule has 3 fully saturated rings. The number of ketones is 1. The first-order valence-electron chi connectivity index (χ1n) is 11.1. The first-order valence-corrected chi connectivity index (χ1v) is 11.1. The van der Waals surface area contributed by atoms with Crippen LogP contribution in [0.3, 0.4) is 0 Å². The smallest absolute Gasteiger partial charge is 0.370 e. The molecule has 0 spiro atoms. The summed E-state index contributed by atoms with van der Waals surface area (Å²) in [5.41, 5.74) is 0.282. The van der Waals surface area contributed by atoms with Crippen LogP contribution in [-0.4, -0.2) is 60.5 Å². The van der Waals surface area contributed by atoms with Crippen molar-refractivity contribution < 1.29 is 27.5 Å². The molecule has 2 amide bonds. The molecule has 0 aliphatic carbocycles. The molecule has 3 aliphatic heterocycles. The number of Topliss-reactive ketones (excluding diaryl/α,β-unsaturated/α-hetero) is 1. The highest BCUT2D eigenvalue weighted by Crippen LogP contribution is 2.31. The van der Waals surface area contributed by atoms with Gasteiger partial charge < -0.3 is 14.5 Å². The molecule has 1 aromatic carbocycles. The van der Waals surface area contributed by atoms with Crippen LogP contribution in [0.4, 0.5) is 18.0 Å². The summed E-state index contributed by atoms with van der Waals surface area (Å²) in [4.78, 5) is 28.5. The van der Waals surface area contributed by atoms with E-state index in [-0.39, 0.29) is 30.4 Å². The highest BCUT2D eigenvalue weighted by Gasteiger charge is 2.38. The number of likely N-dealkylation sites (tertiary alicyclic amines) is 2. The zero-order chi connectivity index (χ0) is 22.0. The monoisotopic (exact) mass is 438 g/mol. The van der Waals surface area contributed by atoms with Gasteiger partial charge in [-0.05, 0) is 55.7 Å². The van der Waals surface area contributed by atoms with Gasteiger partial charge in [0.25, 0.3) is 0 Å². The summed E-state index contributed by atoms with van der Waals surface area (Å²) < 4.78 is 43.9. The molecule has 1 aromatic rings. The van der Waals surface area contributed by atoms with Crippen molar-refractivity contribution in [2.45, 2.75) is 50.8 Å². The summed E-state index contributed by atoms with van der Waals surface area (Å²) in [5.74, 6) is 0.555. The molecule has 0 aromatic heterocycles. The molecule has 3 saturated heterocycles. The number of nitrogens with zero attached hydrogens (tertiary/aromatic N) is 2. The highest BCUT2D eigenvalue weighted by atomic mass is 19.4. The summed E-state index contributed by atoms with van der Waals surface area (Å²) in [6.45, 7) is 2.77. The van der Waals surface area contributed by atoms with Gasteiger partial charge in [0.15, 0.2) is 5.78 Å². The van der Waals surface area contributed by atoms with Gasteiger partial charge >= 0.3 is 12.2 Å². The van der Waals surface area contributed by atoms with Crippen molar-refractivity contribution in [2.24, 2.45) is 11.8 Å². The number of piperidine rings is 1. The van der Waals surface area contributed by atoms with E-state index < -0.39 is 11.7 Å². The van der Waals surface area contributed by atoms with Crippen LogP contribution in [0.5, 0.6) is 0 Å². The third kappa shape index (κ3) is 5.40. The quantitative estimate of drug-likeness (QED) is 0.697. The average Bonchev–Trinajstić information content (AvgIpc) is 2.98. The van der Waals surface area contributed by atoms with Crippen LogP contribution in [0.1, 0.15) is 43.2 Å². The number of benzene rings is 1. The summed E-state index contributed by atoms with van der Waals surface area (Å²) in [5, 5.41) is 0. The lowest BCUT2D eigenvalue weighted by Crippen LogP contribution is -2.53. The minimum atomic E-state index is -4.31. The summed E-state index contributed by atoms with van der Waals surface area (Å²) in [6, 6.07) is 5.45. The van der Waals surface area contributed by atoms with E-state index in [1.807, 2.05) is 9.80 Å². The number of halogens is 3. The molecule has 1 unspecified atom stereocenters. The van der Waals surface area contributed by atoms with E-state index in [1.54, 1.807) is 12.1 Å². The number of alkyl halides is 3. The highest BCUT2D eigenvalue weighted by molar-refractivity contribution is 5.81. The van der Waals surface area contributed by atoms with Gasteiger partial charge in [0, 0.05) is 38.5 Å². The van der Waals surface area contributed by atoms with Crippen LogP contribution in [-0.2, 0) is 22.1 Å². The Morgan fingerprint density at radius 2 is 1.77 bits per heavy atom. The number of ether oxygens (including phenoxy) is 1. The predicted octanol–water partition coefficient (Wildman–Crippen LogP) is 4.15. The number of hydrogen-bond donors (Lipinski definition) is 0. The van der Waals surface area contributed by atoms with Crippen molar-refractivity contribution in [2.75, 3.05) is 32.8 Å². The van der Waals surface area contributed by atoms with Crippen molar-refractivity contribution >= 4 is 11.8 Å². The Kier molecular flexibility index (Phi) is 6.55. The van der Waals surface area contributed by atoms with Crippen molar-refractivity contribution in [1.29, 1.82) is 0 Å². The maximum Gasteiger partial charge on any atom is 0.416 e. The number of hydrogen-bond acceptors (Lipinski definition) is 3. The standard InChI is InChI=1S/C23H29F3N2O3/c24-23(25,26)19-5-3-17(4-6-19)12-16-2-1-9-27(10-7-16)22(30)28-11-8-21-18(14-28)13-20(29)15-31-21/h3-6,16,18,21H,1-2,7-15H2/t16?,18-,21+/m1/s1. The minimum absolute atomic E-state index is 0.0339. The number of rotatable bonds is 2. The second kappa shape index (κ2) is 9.18. The number of carbonyl (C=O) groups is 2. The normalized spacial score (nSPS) is 27.6. The number of urea groups is 1. The largest absolute Gasteiger partial charge is 0.416 e. The van der Waals surface area contributed by atoms with Crippen LogP contribution in [0.2, 0.25) is 0 Å². The Hall–Kier alpha value is -2.09. The van der Waals surface area contributed by atoms with E-state index in [0.29, 0.717) is 38.5 Å². The minimum Gasteiger partial charge on any atom is -0.370 e. The Labute approximate surface area is 180 Å². The van der Waals surface area contributed by atoms with Crippen molar-refractivity contribution in [3.05, 3.63) is 35.4 Å². The van der Waals surface area contributed by atoms with Crippen molar-refractivity contribution in [1.82, 2.24) is 9.80 Å². The van der Waals surface area contributed by atoms with Gasteiger partial charge in [-0.25, -0.2) is 4.79 Å². The molecule has 3 atom stereocenters. The van der Waals surface area contributed by atoms with E-state index in [4.69, 9.17) is 4.74 Å². The fourth-order valence-corrected chi connectivity index (χ4v) is 5.08. The lowest BCUT2D eigenvalue weighted by atomic mass is 9.88.